The Bertz CT molecular complexity index is 1480. The molecule has 2 saturated heterocycles. The van der Waals surface area contributed by atoms with E-state index in [0.717, 1.165) is 5.57 Å². The van der Waals surface area contributed by atoms with E-state index >= 15 is 0 Å². The van der Waals surface area contributed by atoms with E-state index in [1.807, 2.05) is 32.9 Å². The van der Waals surface area contributed by atoms with Crippen molar-refractivity contribution in [3.8, 4) is 0 Å². The van der Waals surface area contributed by atoms with Gasteiger partial charge >= 0.3 is 5.97 Å². The third-order valence-corrected chi connectivity index (χ3v) is 12.9. The number of cyclic esters (lactones) is 1. The summed E-state index contributed by atoms with van der Waals surface area (Å²) >= 11 is 0. The Morgan fingerprint density at radius 2 is 1.60 bits per heavy atom. The van der Waals surface area contributed by atoms with Crippen LogP contribution < -0.4 is 0 Å². The summed E-state index contributed by atoms with van der Waals surface area (Å²) in [7, 11) is 4.61. The highest BCUT2D eigenvalue weighted by Crippen LogP contribution is 2.39. The van der Waals surface area contributed by atoms with Crippen LogP contribution in [0.25, 0.3) is 0 Å². The Hall–Kier alpha value is -2.78. The van der Waals surface area contributed by atoms with E-state index in [2.05, 4.69) is 6.58 Å². The van der Waals surface area contributed by atoms with Crippen molar-refractivity contribution in [3.63, 3.8) is 0 Å². The van der Waals surface area contributed by atoms with Crippen LogP contribution in [0, 0.1) is 29.6 Å². The molecule has 13 nitrogen and oxygen atoms in total. The zero-order chi connectivity index (χ0) is 42.2. The molecule has 3 fully saturated rings. The van der Waals surface area contributed by atoms with Gasteiger partial charge in [-0.05, 0) is 95.5 Å². The summed E-state index contributed by atoms with van der Waals surface area (Å²) < 4.78 is 29.7. The van der Waals surface area contributed by atoms with Crippen molar-refractivity contribution in [1.29, 1.82) is 0 Å². The summed E-state index contributed by atoms with van der Waals surface area (Å²) in [6, 6.07) is -1.14. The second-order valence-corrected chi connectivity index (χ2v) is 17.3. The van der Waals surface area contributed by atoms with Crippen LogP contribution in [-0.2, 0) is 42.9 Å². The zero-order valence-corrected chi connectivity index (χ0v) is 35.4. The van der Waals surface area contributed by atoms with Crippen LogP contribution in [-0.4, -0.2) is 126 Å². The molecule has 1 saturated carbocycles. The van der Waals surface area contributed by atoms with Crippen molar-refractivity contribution < 1.29 is 58.2 Å². The molecule has 14 atom stereocenters. The molecule has 0 radical (unpaired) electrons. The van der Waals surface area contributed by atoms with Gasteiger partial charge in [-0.25, -0.2) is 4.79 Å². The molecule has 0 spiro atoms. The lowest BCUT2D eigenvalue weighted by Crippen LogP contribution is -2.64. The van der Waals surface area contributed by atoms with E-state index in [0.29, 0.717) is 56.9 Å². The number of Topliss-reactive ketones (excluding diaryl/α,β-unsaturated/α-hetero) is 2. The van der Waals surface area contributed by atoms with Crippen molar-refractivity contribution in [2.45, 2.75) is 160 Å². The molecule has 4 rings (SSSR count). The Balaban J connectivity index is 1.78. The summed E-state index contributed by atoms with van der Waals surface area (Å²) in [6.45, 7) is 13.1. The average molecular weight is 804 g/mol. The molecule has 0 aromatic carbocycles. The van der Waals surface area contributed by atoms with Crippen molar-refractivity contribution in [2.24, 2.45) is 29.6 Å². The normalized spacial score (nSPS) is 41.0. The number of hydrogen-bond acceptors (Lipinski definition) is 12. The summed E-state index contributed by atoms with van der Waals surface area (Å²) in [5.74, 6) is -7.76. The van der Waals surface area contributed by atoms with Crippen LogP contribution >= 0.6 is 0 Å². The van der Waals surface area contributed by atoms with Crippen LogP contribution in [0.4, 0.5) is 0 Å². The number of piperidine rings is 1. The number of carbonyl (C=O) groups is 4. The Morgan fingerprint density at radius 3 is 2.25 bits per heavy atom. The largest absolute Gasteiger partial charge is 0.456 e. The van der Waals surface area contributed by atoms with E-state index in [-0.39, 0.29) is 49.5 Å². The van der Waals surface area contributed by atoms with Crippen molar-refractivity contribution in [3.05, 3.63) is 36.0 Å². The molecule has 3 aliphatic heterocycles. The molecule has 0 aromatic heterocycles. The Kier molecular flexibility index (Phi) is 17.2. The molecule has 3 heterocycles. The second kappa shape index (κ2) is 21.0. The minimum Gasteiger partial charge on any atom is -0.456 e. The number of ether oxygens (including phenoxy) is 5. The molecule has 13 heteroatoms. The molecule has 1 aliphatic carbocycles. The lowest BCUT2D eigenvalue weighted by Gasteiger charge is -2.47. The number of hydrogen-bond donors (Lipinski definition) is 3. The van der Waals surface area contributed by atoms with Gasteiger partial charge in [0.25, 0.3) is 11.7 Å². The number of ketones is 2. The van der Waals surface area contributed by atoms with Gasteiger partial charge in [0, 0.05) is 52.0 Å². The second-order valence-electron chi connectivity index (χ2n) is 17.3. The molecule has 4 aliphatic rings. The fourth-order valence-electron chi connectivity index (χ4n) is 9.42. The Labute approximate surface area is 339 Å². The topological polar surface area (TPSA) is 178 Å². The molecule has 0 aromatic rings. The van der Waals surface area contributed by atoms with E-state index < -0.39 is 83.9 Å². The van der Waals surface area contributed by atoms with Crippen LogP contribution in [0.5, 0.6) is 0 Å². The number of amides is 1. The van der Waals surface area contributed by atoms with Gasteiger partial charge in [-0.1, -0.05) is 44.6 Å². The number of aliphatic hydroxyl groups excluding tert-OH is 2. The highest BCUT2D eigenvalue weighted by Gasteiger charge is 2.56. The molecule has 322 valence electrons. The summed E-state index contributed by atoms with van der Waals surface area (Å²) in [6.07, 6.45) is 4.93. The smallest absolute Gasteiger partial charge is 0.329 e. The zero-order valence-electron chi connectivity index (χ0n) is 35.4. The molecular formula is C44H69NO12. The summed E-state index contributed by atoms with van der Waals surface area (Å²) in [4.78, 5) is 57.8. The standard InChI is InChI=1S/C44H69NO12/c1-10-13-31-19-25(2)18-26(3)20-37(54-8)40-38(55-9)22-28(5)44(52,57-40)41(49)42(50)45-17-12-11-14-32(45)43(51)56-39(29(6)34(47)24-35(31)48)27(4)21-30-15-16-33(46)36(23-30)53-7/h10,19,21,26,28-34,36-40,46-47,52H,1,11-18,20,22-24H2,2-9H3/b25-19+,27-21+/t26-,28+,29-,30-,31-,32-,33+,34-,36+,37-,38-,39+,40?,44+/m0/s1. The van der Waals surface area contributed by atoms with E-state index in [1.54, 1.807) is 27.0 Å². The van der Waals surface area contributed by atoms with E-state index in [4.69, 9.17) is 23.7 Å². The number of carbonyl (C=O) groups excluding carboxylic acids is 4. The van der Waals surface area contributed by atoms with Gasteiger partial charge in [0.05, 0.1) is 30.5 Å². The molecule has 2 bridgehead atoms. The van der Waals surface area contributed by atoms with E-state index in [1.165, 1.54) is 19.1 Å². The number of aliphatic hydroxyl groups is 3. The first kappa shape index (κ1) is 46.9. The van der Waals surface area contributed by atoms with Crippen molar-refractivity contribution >= 4 is 23.4 Å². The van der Waals surface area contributed by atoms with Crippen LogP contribution in [0.3, 0.4) is 0 Å². The maximum atomic E-state index is 14.3. The fraction of sp³-hybridized carbons (Fsp3) is 0.773. The maximum absolute atomic E-state index is 14.3. The van der Waals surface area contributed by atoms with Gasteiger partial charge in [0.1, 0.15) is 24.0 Å². The predicted molar refractivity (Wildman–Crippen MR) is 213 cm³/mol. The van der Waals surface area contributed by atoms with Crippen molar-refractivity contribution in [2.75, 3.05) is 27.9 Å². The first-order chi connectivity index (χ1) is 27.0. The number of allylic oxidation sites excluding steroid dienone is 4. The fourth-order valence-corrected chi connectivity index (χ4v) is 9.42. The first-order valence-corrected chi connectivity index (χ1v) is 20.9. The third-order valence-electron chi connectivity index (χ3n) is 12.9. The molecule has 3 N–H and O–H groups in total. The van der Waals surface area contributed by atoms with Gasteiger partial charge in [0.15, 0.2) is 0 Å². The highest BCUT2D eigenvalue weighted by atomic mass is 16.7. The minimum absolute atomic E-state index is 0.00988. The monoisotopic (exact) mass is 803 g/mol. The molecule has 1 amide bonds. The number of methoxy groups -OCH3 is 3. The van der Waals surface area contributed by atoms with Gasteiger partial charge in [-0.3, -0.25) is 14.4 Å². The molecular weight excluding hydrogens is 734 g/mol. The van der Waals surface area contributed by atoms with Gasteiger partial charge in [0.2, 0.25) is 5.79 Å². The highest BCUT2D eigenvalue weighted by molar-refractivity contribution is 6.39. The lowest BCUT2D eigenvalue weighted by atomic mass is 9.81. The predicted octanol–water partition coefficient (Wildman–Crippen LogP) is 4.64. The van der Waals surface area contributed by atoms with Gasteiger partial charge in [-0.2, -0.15) is 0 Å². The first-order valence-electron chi connectivity index (χ1n) is 20.9. The maximum Gasteiger partial charge on any atom is 0.329 e. The van der Waals surface area contributed by atoms with Crippen LogP contribution in [0.15, 0.2) is 36.0 Å². The van der Waals surface area contributed by atoms with Crippen LogP contribution in [0.1, 0.15) is 105 Å². The third kappa shape index (κ3) is 11.3. The number of rotatable bonds is 7. The van der Waals surface area contributed by atoms with Crippen LogP contribution in [0.2, 0.25) is 0 Å². The average Bonchev–Trinajstić information content (AvgIpc) is 3.18. The van der Waals surface area contributed by atoms with Gasteiger partial charge < -0.3 is 43.9 Å². The Morgan fingerprint density at radius 1 is 0.930 bits per heavy atom. The summed E-state index contributed by atoms with van der Waals surface area (Å²) in [5, 5.41) is 34.1. The quantitative estimate of drug-likeness (QED) is 0.185. The van der Waals surface area contributed by atoms with Crippen molar-refractivity contribution in [1.82, 2.24) is 4.90 Å². The lowest BCUT2D eigenvalue weighted by molar-refractivity contribution is -0.302. The SMILES string of the molecule is C=CC[C@H]1/C=C(\C)C[C@H](C)C[C@H](OC)C2O[C@@](O)(C(=O)C(=O)N3CCCC[C@H]3C(=O)O[C@H](/C(C)=C/[C@@H]3CC[C@@H](O)[C@H](OC)C3)[C@@H](C)[C@@H](O)CC1=O)[C@H](C)C[C@@H]2OC. The number of nitrogens with zero attached hydrogens (tertiary/aromatic N) is 1. The minimum atomic E-state index is -2.51. The number of esters is 1. The molecule has 1 unspecified atom stereocenters. The molecule has 57 heavy (non-hydrogen) atoms. The number of fused-ring (bicyclic) bond motifs is 3. The van der Waals surface area contributed by atoms with Gasteiger partial charge in [-0.15, -0.1) is 6.58 Å². The van der Waals surface area contributed by atoms with E-state index in [9.17, 15) is 34.5 Å². The summed E-state index contributed by atoms with van der Waals surface area (Å²) in [5.41, 5.74) is 1.61.